The van der Waals surface area contributed by atoms with Crippen LogP contribution in [0.5, 0.6) is 0 Å². The van der Waals surface area contributed by atoms with Crippen molar-refractivity contribution >= 4 is 23.5 Å². The molecule has 1 unspecified atom stereocenters. The van der Waals surface area contributed by atoms with E-state index in [0.29, 0.717) is 11.6 Å². The van der Waals surface area contributed by atoms with Gasteiger partial charge < -0.3 is 14.7 Å². The number of halogens is 1. The number of hydrogen-bond donors (Lipinski definition) is 1. The van der Waals surface area contributed by atoms with Gasteiger partial charge in [-0.15, -0.1) is 0 Å². The Morgan fingerprint density at radius 3 is 2.30 bits per heavy atom. The fourth-order valence-corrected chi connectivity index (χ4v) is 3.78. The zero-order chi connectivity index (χ0) is 19.6. The van der Waals surface area contributed by atoms with Crippen molar-refractivity contribution in [1.29, 1.82) is 0 Å². The summed E-state index contributed by atoms with van der Waals surface area (Å²) in [6.07, 6.45) is 0. The first-order valence-corrected chi connectivity index (χ1v) is 9.13. The van der Waals surface area contributed by atoms with Gasteiger partial charge in [-0.3, -0.25) is 9.59 Å². The number of aliphatic carboxylic acids is 1. The number of nitrogens with zero attached hydrogens (tertiary/aromatic N) is 1. The summed E-state index contributed by atoms with van der Waals surface area (Å²) in [5.74, 6) is -2.12. The highest BCUT2D eigenvalue weighted by Gasteiger charge is 2.46. The maximum absolute atomic E-state index is 13.3. The van der Waals surface area contributed by atoms with Crippen molar-refractivity contribution in [3.05, 3.63) is 70.7 Å². The van der Waals surface area contributed by atoms with Crippen molar-refractivity contribution in [3.63, 3.8) is 0 Å². The second kappa shape index (κ2) is 7.71. The number of carbonyl (C=O) groups is 2. The maximum Gasteiger partial charge on any atom is 0.308 e. The number of benzene rings is 2. The van der Waals surface area contributed by atoms with Crippen LogP contribution >= 0.6 is 11.6 Å². The van der Waals surface area contributed by atoms with E-state index < -0.39 is 17.5 Å². The van der Waals surface area contributed by atoms with E-state index in [9.17, 15) is 14.7 Å². The molecule has 1 aliphatic heterocycles. The van der Waals surface area contributed by atoms with Crippen LogP contribution in [0.1, 0.15) is 24.0 Å². The van der Waals surface area contributed by atoms with E-state index in [1.165, 1.54) is 7.11 Å². The molecular formula is C21H22ClNO4. The molecule has 142 valence electrons. The molecule has 3 rings (SSSR count). The fourth-order valence-electron chi connectivity index (χ4n) is 3.65. The quantitative estimate of drug-likeness (QED) is 0.852. The number of carboxylic acid groups (broad SMARTS) is 1. The molecule has 0 bridgehead atoms. The third-order valence-electron chi connectivity index (χ3n) is 5.36. The first kappa shape index (κ1) is 19.4. The Kier molecular flexibility index (Phi) is 5.53. The molecule has 0 aliphatic carbocycles. The Bertz CT molecular complexity index is 824. The molecule has 1 saturated heterocycles. The van der Waals surface area contributed by atoms with E-state index in [1.807, 2.05) is 42.5 Å². The smallest absolute Gasteiger partial charge is 0.308 e. The topological polar surface area (TPSA) is 66.8 Å². The number of likely N-dealkylation sites (tertiary alicyclic amines) is 1. The van der Waals surface area contributed by atoms with Gasteiger partial charge in [0.05, 0.1) is 5.92 Å². The van der Waals surface area contributed by atoms with Gasteiger partial charge >= 0.3 is 5.97 Å². The van der Waals surface area contributed by atoms with Crippen LogP contribution in [0.3, 0.4) is 0 Å². The SMILES string of the molecule is COC(C)(C(=O)N1C[C@@H](C(=O)O)[C@H](c2ccc(Cl)cc2)C1)c1ccccc1. The standard InChI is InChI=1S/C21H22ClNO4/c1-21(27-2,15-6-4-3-5-7-15)20(26)23-12-17(18(13-23)19(24)25)14-8-10-16(22)11-9-14/h3-11,17-18H,12-13H2,1-2H3,(H,24,25)/t17-,18+,21?/m0/s1. The number of carbonyl (C=O) groups excluding carboxylic acids is 1. The normalized spacial score (nSPS) is 21.7. The molecule has 1 aliphatic rings. The van der Waals surface area contributed by atoms with Gasteiger partial charge in [-0.25, -0.2) is 0 Å². The van der Waals surface area contributed by atoms with Crippen molar-refractivity contribution in [3.8, 4) is 0 Å². The molecular weight excluding hydrogens is 366 g/mol. The maximum atomic E-state index is 13.3. The van der Waals surface area contributed by atoms with Crippen molar-refractivity contribution in [2.45, 2.75) is 18.4 Å². The molecule has 2 aromatic rings. The second-order valence-electron chi connectivity index (χ2n) is 6.92. The zero-order valence-corrected chi connectivity index (χ0v) is 16.0. The average molecular weight is 388 g/mol. The molecule has 2 aromatic carbocycles. The predicted molar refractivity (Wildman–Crippen MR) is 103 cm³/mol. The van der Waals surface area contributed by atoms with Crippen molar-refractivity contribution in [2.75, 3.05) is 20.2 Å². The highest BCUT2D eigenvalue weighted by molar-refractivity contribution is 6.30. The van der Waals surface area contributed by atoms with Gasteiger partial charge in [-0.05, 0) is 30.2 Å². The van der Waals surface area contributed by atoms with E-state index in [-0.39, 0.29) is 18.4 Å². The largest absolute Gasteiger partial charge is 0.481 e. The highest BCUT2D eigenvalue weighted by Crippen LogP contribution is 2.37. The minimum absolute atomic E-state index is 0.146. The monoisotopic (exact) mass is 387 g/mol. The Labute approximate surface area is 163 Å². The Hall–Kier alpha value is -2.37. The third kappa shape index (κ3) is 3.70. The first-order chi connectivity index (χ1) is 12.9. The van der Waals surface area contributed by atoms with Gasteiger partial charge in [-0.1, -0.05) is 54.1 Å². The van der Waals surface area contributed by atoms with E-state index in [1.54, 1.807) is 24.0 Å². The van der Waals surface area contributed by atoms with E-state index in [0.717, 1.165) is 11.1 Å². The summed E-state index contributed by atoms with van der Waals surface area (Å²) >= 11 is 5.95. The number of rotatable bonds is 5. The van der Waals surface area contributed by atoms with Gasteiger partial charge in [0.25, 0.3) is 5.91 Å². The lowest BCUT2D eigenvalue weighted by Crippen LogP contribution is -2.45. The van der Waals surface area contributed by atoms with Crippen LogP contribution < -0.4 is 0 Å². The second-order valence-corrected chi connectivity index (χ2v) is 7.35. The molecule has 1 N–H and O–H groups in total. The number of amides is 1. The molecule has 0 spiro atoms. The summed E-state index contributed by atoms with van der Waals surface area (Å²) in [7, 11) is 1.49. The Morgan fingerprint density at radius 2 is 1.74 bits per heavy atom. The lowest BCUT2D eigenvalue weighted by atomic mass is 9.89. The predicted octanol–water partition coefficient (Wildman–Crippen LogP) is 3.53. The van der Waals surface area contributed by atoms with Gasteiger partial charge in [0.15, 0.2) is 5.60 Å². The number of methoxy groups -OCH3 is 1. The summed E-state index contributed by atoms with van der Waals surface area (Å²) < 4.78 is 5.59. The summed E-state index contributed by atoms with van der Waals surface area (Å²) in [4.78, 5) is 26.7. The first-order valence-electron chi connectivity index (χ1n) is 8.75. The van der Waals surface area contributed by atoms with Crippen LogP contribution in [0.2, 0.25) is 5.02 Å². The van der Waals surface area contributed by atoms with Crippen LogP contribution in [0.25, 0.3) is 0 Å². The van der Waals surface area contributed by atoms with E-state index in [4.69, 9.17) is 16.3 Å². The summed E-state index contributed by atoms with van der Waals surface area (Å²) in [5.41, 5.74) is 0.430. The molecule has 5 nitrogen and oxygen atoms in total. The third-order valence-corrected chi connectivity index (χ3v) is 5.62. The average Bonchev–Trinajstić information content (AvgIpc) is 3.13. The minimum Gasteiger partial charge on any atom is -0.481 e. The van der Waals surface area contributed by atoms with E-state index in [2.05, 4.69) is 0 Å². The molecule has 1 fully saturated rings. The minimum atomic E-state index is -1.17. The van der Waals surface area contributed by atoms with Crippen LogP contribution in [0.15, 0.2) is 54.6 Å². The highest BCUT2D eigenvalue weighted by atomic mass is 35.5. The van der Waals surface area contributed by atoms with Crippen molar-refractivity contribution in [2.24, 2.45) is 5.92 Å². The fraction of sp³-hybridized carbons (Fsp3) is 0.333. The van der Waals surface area contributed by atoms with Crippen molar-refractivity contribution in [1.82, 2.24) is 4.90 Å². The van der Waals surface area contributed by atoms with Crippen molar-refractivity contribution < 1.29 is 19.4 Å². The van der Waals surface area contributed by atoms with Crippen LogP contribution in [-0.2, 0) is 19.9 Å². The van der Waals surface area contributed by atoms with Crippen LogP contribution in [-0.4, -0.2) is 42.1 Å². The van der Waals surface area contributed by atoms with Crippen LogP contribution in [0.4, 0.5) is 0 Å². The molecule has 1 amide bonds. The summed E-state index contributed by atoms with van der Waals surface area (Å²) in [6, 6.07) is 16.4. The Morgan fingerprint density at radius 1 is 1.11 bits per heavy atom. The lowest BCUT2D eigenvalue weighted by molar-refractivity contribution is -0.153. The molecule has 0 radical (unpaired) electrons. The molecule has 27 heavy (non-hydrogen) atoms. The van der Waals surface area contributed by atoms with E-state index >= 15 is 0 Å². The van der Waals surface area contributed by atoms with Gasteiger partial charge in [0.1, 0.15) is 0 Å². The van der Waals surface area contributed by atoms with Gasteiger partial charge in [0.2, 0.25) is 0 Å². The van der Waals surface area contributed by atoms with Gasteiger partial charge in [0, 0.05) is 31.1 Å². The number of hydrogen-bond acceptors (Lipinski definition) is 3. The number of ether oxygens (including phenoxy) is 1. The Balaban J connectivity index is 1.89. The van der Waals surface area contributed by atoms with Gasteiger partial charge in [-0.2, -0.15) is 0 Å². The molecule has 1 heterocycles. The lowest BCUT2D eigenvalue weighted by Gasteiger charge is -2.32. The number of carboxylic acids is 1. The summed E-state index contributed by atoms with van der Waals surface area (Å²) in [6.45, 7) is 2.19. The van der Waals surface area contributed by atoms with Crippen LogP contribution in [0, 0.1) is 5.92 Å². The summed E-state index contributed by atoms with van der Waals surface area (Å²) in [5, 5.41) is 10.3. The zero-order valence-electron chi connectivity index (χ0n) is 15.3. The molecule has 0 saturated carbocycles. The molecule has 0 aromatic heterocycles. The molecule has 3 atom stereocenters. The molecule has 6 heteroatoms.